The van der Waals surface area contributed by atoms with E-state index in [2.05, 4.69) is 0 Å². The number of nitrogen functional groups attached to an aromatic ring is 2. The molecule has 0 aromatic heterocycles. The first kappa shape index (κ1) is 17.6. The molecule has 0 unspecified atom stereocenters. The van der Waals surface area contributed by atoms with Crippen molar-refractivity contribution in [2.24, 2.45) is 0 Å². The summed E-state index contributed by atoms with van der Waals surface area (Å²) in [7, 11) is 0. The van der Waals surface area contributed by atoms with E-state index in [1.54, 1.807) is 30.3 Å². The van der Waals surface area contributed by atoms with Crippen LogP contribution in [-0.4, -0.2) is 13.2 Å². The number of nitrogens with two attached hydrogens (primary N) is 2. The van der Waals surface area contributed by atoms with Crippen LogP contribution in [0.3, 0.4) is 0 Å². The molecule has 4 nitrogen and oxygen atoms in total. The molecule has 0 saturated heterocycles. The SMILES string of the molecule is Nc1ccc(OCCCOc2ccc(-c3ccc(F)cc3)cc2)c(N)c1. The smallest absolute Gasteiger partial charge is 0.142 e. The van der Waals surface area contributed by atoms with E-state index in [0.717, 1.165) is 23.3 Å². The van der Waals surface area contributed by atoms with Crippen LogP contribution >= 0.6 is 0 Å². The highest BCUT2D eigenvalue weighted by Crippen LogP contribution is 2.24. The summed E-state index contributed by atoms with van der Waals surface area (Å²) in [5.41, 5.74) is 14.6. The van der Waals surface area contributed by atoms with Gasteiger partial charge in [-0.15, -0.1) is 0 Å². The first-order valence-electron chi connectivity index (χ1n) is 8.38. The van der Waals surface area contributed by atoms with Gasteiger partial charge < -0.3 is 20.9 Å². The van der Waals surface area contributed by atoms with Gasteiger partial charge in [0.2, 0.25) is 0 Å². The van der Waals surface area contributed by atoms with Crippen LogP contribution in [0.5, 0.6) is 11.5 Å². The zero-order valence-corrected chi connectivity index (χ0v) is 14.3. The monoisotopic (exact) mass is 352 g/mol. The van der Waals surface area contributed by atoms with Crippen molar-refractivity contribution in [3.05, 3.63) is 72.5 Å². The van der Waals surface area contributed by atoms with Gasteiger partial charge in [-0.1, -0.05) is 24.3 Å². The number of ether oxygens (including phenoxy) is 2. The Balaban J connectivity index is 1.44. The van der Waals surface area contributed by atoms with Crippen LogP contribution < -0.4 is 20.9 Å². The van der Waals surface area contributed by atoms with Gasteiger partial charge >= 0.3 is 0 Å². The molecular weight excluding hydrogens is 331 g/mol. The maximum atomic E-state index is 13.0. The first-order valence-corrected chi connectivity index (χ1v) is 8.38. The highest BCUT2D eigenvalue weighted by Gasteiger charge is 2.02. The lowest BCUT2D eigenvalue weighted by Gasteiger charge is -2.10. The Hall–Kier alpha value is -3.21. The van der Waals surface area contributed by atoms with Gasteiger partial charge in [0.1, 0.15) is 17.3 Å². The third kappa shape index (κ3) is 4.66. The Morgan fingerprint density at radius 1 is 0.731 bits per heavy atom. The molecule has 5 heteroatoms. The van der Waals surface area contributed by atoms with Crippen molar-refractivity contribution in [1.29, 1.82) is 0 Å². The minimum absolute atomic E-state index is 0.239. The number of benzene rings is 3. The van der Waals surface area contributed by atoms with Gasteiger partial charge in [-0.25, -0.2) is 4.39 Å². The quantitative estimate of drug-likeness (QED) is 0.485. The highest BCUT2D eigenvalue weighted by molar-refractivity contribution is 5.64. The fourth-order valence-corrected chi connectivity index (χ4v) is 2.52. The Morgan fingerprint density at radius 3 is 2.00 bits per heavy atom. The van der Waals surface area contributed by atoms with Crippen molar-refractivity contribution in [2.45, 2.75) is 6.42 Å². The van der Waals surface area contributed by atoms with Crippen molar-refractivity contribution in [3.8, 4) is 22.6 Å². The van der Waals surface area contributed by atoms with Crippen molar-refractivity contribution in [2.75, 3.05) is 24.7 Å². The van der Waals surface area contributed by atoms with E-state index in [0.29, 0.717) is 30.3 Å². The predicted octanol–water partition coefficient (Wildman–Crippen LogP) is 4.51. The lowest BCUT2D eigenvalue weighted by Crippen LogP contribution is -2.06. The second kappa shape index (κ2) is 8.25. The molecule has 4 N–H and O–H groups in total. The summed E-state index contributed by atoms with van der Waals surface area (Å²) in [5, 5.41) is 0. The topological polar surface area (TPSA) is 70.5 Å². The Morgan fingerprint density at radius 2 is 1.35 bits per heavy atom. The first-order chi connectivity index (χ1) is 12.6. The van der Waals surface area contributed by atoms with E-state index in [4.69, 9.17) is 20.9 Å². The number of hydrogen-bond donors (Lipinski definition) is 2. The van der Waals surface area contributed by atoms with E-state index >= 15 is 0 Å². The largest absolute Gasteiger partial charge is 0.493 e. The molecule has 0 atom stereocenters. The summed E-state index contributed by atoms with van der Waals surface area (Å²) in [6.45, 7) is 1.03. The molecule has 0 radical (unpaired) electrons. The molecule has 3 aromatic carbocycles. The maximum Gasteiger partial charge on any atom is 0.142 e. The zero-order valence-electron chi connectivity index (χ0n) is 14.3. The number of rotatable bonds is 7. The normalized spacial score (nSPS) is 10.5. The molecule has 0 amide bonds. The lowest BCUT2D eigenvalue weighted by atomic mass is 10.1. The molecule has 0 bridgehead atoms. The number of hydrogen-bond acceptors (Lipinski definition) is 4. The van der Waals surface area contributed by atoms with Gasteiger partial charge in [-0.3, -0.25) is 0 Å². The fraction of sp³-hybridized carbons (Fsp3) is 0.143. The van der Waals surface area contributed by atoms with Gasteiger partial charge in [-0.2, -0.15) is 0 Å². The fourth-order valence-electron chi connectivity index (χ4n) is 2.52. The summed E-state index contributed by atoms with van der Waals surface area (Å²) >= 11 is 0. The zero-order chi connectivity index (χ0) is 18.4. The molecule has 134 valence electrons. The number of halogens is 1. The molecular formula is C21H21FN2O2. The van der Waals surface area contributed by atoms with Gasteiger partial charge in [0, 0.05) is 12.1 Å². The van der Waals surface area contributed by atoms with E-state index in [9.17, 15) is 4.39 Å². The van der Waals surface area contributed by atoms with Crippen LogP contribution in [0, 0.1) is 5.82 Å². The van der Waals surface area contributed by atoms with Crippen molar-refractivity contribution in [3.63, 3.8) is 0 Å². The average Bonchev–Trinajstić information content (AvgIpc) is 2.64. The van der Waals surface area contributed by atoms with E-state index in [1.165, 1.54) is 12.1 Å². The van der Waals surface area contributed by atoms with E-state index < -0.39 is 0 Å². The Labute approximate surface area is 152 Å². The van der Waals surface area contributed by atoms with Gasteiger partial charge in [0.15, 0.2) is 0 Å². The van der Waals surface area contributed by atoms with Crippen LogP contribution in [0.15, 0.2) is 66.7 Å². The summed E-state index contributed by atoms with van der Waals surface area (Å²) in [5.74, 6) is 1.17. The second-order valence-electron chi connectivity index (χ2n) is 5.88. The molecule has 0 aliphatic carbocycles. The summed E-state index contributed by atoms with van der Waals surface area (Å²) < 4.78 is 24.3. The van der Waals surface area contributed by atoms with E-state index in [1.807, 2.05) is 24.3 Å². The molecule has 3 rings (SSSR count). The standard InChI is InChI=1S/C21H21FN2O2/c22-17-6-2-15(3-7-17)16-4-9-19(10-5-16)25-12-1-13-26-21-11-8-18(23)14-20(21)24/h2-11,14H,1,12-13,23-24H2. The molecule has 26 heavy (non-hydrogen) atoms. The van der Waals surface area contributed by atoms with Crippen LogP contribution in [0.25, 0.3) is 11.1 Å². The summed E-state index contributed by atoms with van der Waals surface area (Å²) in [4.78, 5) is 0. The third-order valence-electron chi connectivity index (χ3n) is 3.88. The van der Waals surface area contributed by atoms with Crippen molar-refractivity contribution < 1.29 is 13.9 Å². The molecule has 0 saturated carbocycles. The molecule has 0 aliphatic heterocycles. The summed E-state index contributed by atoms with van der Waals surface area (Å²) in [6, 6.07) is 19.3. The highest BCUT2D eigenvalue weighted by atomic mass is 19.1. The van der Waals surface area contributed by atoms with Gasteiger partial charge in [0.25, 0.3) is 0 Å². The van der Waals surface area contributed by atoms with Crippen LogP contribution in [0.2, 0.25) is 0 Å². The minimum Gasteiger partial charge on any atom is -0.493 e. The van der Waals surface area contributed by atoms with E-state index in [-0.39, 0.29) is 5.82 Å². The van der Waals surface area contributed by atoms with Crippen LogP contribution in [0.4, 0.5) is 15.8 Å². The molecule has 0 heterocycles. The van der Waals surface area contributed by atoms with Crippen LogP contribution in [0.1, 0.15) is 6.42 Å². The maximum absolute atomic E-state index is 13.0. The Bertz CT molecular complexity index is 849. The van der Waals surface area contributed by atoms with Crippen LogP contribution in [-0.2, 0) is 0 Å². The minimum atomic E-state index is -0.239. The summed E-state index contributed by atoms with van der Waals surface area (Å²) in [6.07, 6.45) is 0.726. The lowest BCUT2D eigenvalue weighted by molar-refractivity contribution is 0.248. The van der Waals surface area contributed by atoms with Crippen molar-refractivity contribution >= 4 is 11.4 Å². The Kier molecular flexibility index (Phi) is 5.59. The molecule has 0 fully saturated rings. The molecule has 3 aromatic rings. The third-order valence-corrected chi connectivity index (χ3v) is 3.88. The second-order valence-corrected chi connectivity index (χ2v) is 5.88. The predicted molar refractivity (Wildman–Crippen MR) is 103 cm³/mol. The van der Waals surface area contributed by atoms with Gasteiger partial charge in [0.05, 0.1) is 18.9 Å². The average molecular weight is 352 g/mol. The number of anilines is 2. The van der Waals surface area contributed by atoms with Gasteiger partial charge in [-0.05, 0) is 53.6 Å². The molecule has 0 spiro atoms. The van der Waals surface area contributed by atoms with Crippen molar-refractivity contribution in [1.82, 2.24) is 0 Å². The molecule has 0 aliphatic rings.